The number of aliphatic carboxylic acids is 1. The molecular weight excluding hydrogens is 246 g/mol. The topological polar surface area (TPSA) is 75.6 Å². The molecule has 0 bridgehead atoms. The Labute approximate surface area is 111 Å². The fraction of sp³-hybridized carbons (Fsp3) is 0.429. The van der Waals surface area contributed by atoms with Crippen molar-refractivity contribution in [3.63, 3.8) is 0 Å². The van der Waals surface area contributed by atoms with E-state index < -0.39 is 11.5 Å². The monoisotopic (exact) mass is 263 g/mol. The van der Waals surface area contributed by atoms with Crippen molar-refractivity contribution >= 4 is 11.9 Å². The highest BCUT2D eigenvalue weighted by atomic mass is 16.5. The Morgan fingerprint density at radius 3 is 2.84 bits per heavy atom. The molecule has 0 aliphatic carbocycles. The van der Waals surface area contributed by atoms with Crippen molar-refractivity contribution in [1.82, 2.24) is 5.32 Å². The number of hydrogen-bond acceptors (Lipinski definition) is 3. The summed E-state index contributed by atoms with van der Waals surface area (Å²) < 4.78 is 5.37. The predicted molar refractivity (Wildman–Crippen MR) is 69.4 cm³/mol. The molecule has 102 valence electrons. The number of carboxylic acid groups (broad SMARTS) is 1. The van der Waals surface area contributed by atoms with Gasteiger partial charge in [-0.3, -0.25) is 4.79 Å². The van der Waals surface area contributed by atoms with Gasteiger partial charge in [0.1, 0.15) is 11.3 Å². The molecule has 0 fully saturated rings. The van der Waals surface area contributed by atoms with Crippen molar-refractivity contribution in [3.8, 4) is 5.75 Å². The Morgan fingerprint density at radius 1 is 1.47 bits per heavy atom. The van der Waals surface area contributed by atoms with Gasteiger partial charge in [-0.1, -0.05) is 6.92 Å². The van der Waals surface area contributed by atoms with E-state index >= 15 is 0 Å². The molecule has 5 heteroatoms. The number of ether oxygens (including phenoxy) is 1. The zero-order chi connectivity index (χ0) is 14.0. The molecule has 1 aromatic rings. The van der Waals surface area contributed by atoms with E-state index in [4.69, 9.17) is 9.84 Å². The van der Waals surface area contributed by atoms with E-state index in [9.17, 15) is 9.59 Å². The van der Waals surface area contributed by atoms with Crippen molar-refractivity contribution in [2.24, 2.45) is 0 Å². The molecule has 0 saturated carbocycles. The molecule has 0 spiro atoms. The molecule has 0 aromatic heterocycles. The first-order valence-corrected chi connectivity index (χ1v) is 6.28. The quantitative estimate of drug-likeness (QED) is 0.865. The van der Waals surface area contributed by atoms with E-state index in [2.05, 4.69) is 5.32 Å². The number of fused-ring (bicyclic) bond motifs is 1. The summed E-state index contributed by atoms with van der Waals surface area (Å²) in [5, 5.41) is 11.7. The lowest BCUT2D eigenvalue weighted by atomic mass is 9.98. The fourth-order valence-electron chi connectivity index (χ4n) is 1.94. The van der Waals surface area contributed by atoms with Gasteiger partial charge in [0.15, 0.2) is 0 Å². The summed E-state index contributed by atoms with van der Waals surface area (Å²) in [6, 6.07) is 5.16. The van der Waals surface area contributed by atoms with E-state index in [0.717, 1.165) is 17.7 Å². The van der Waals surface area contributed by atoms with Crippen LogP contribution in [0.1, 0.15) is 36.2 Å². The van der Waals surface area contributed by atoms with Crippen molar-refractivity contribution in [2.45, 2.75) is 32.2 Å². The Balaban J connectivity index is 2.18. The third kappa shape index (κ3) is 2.54. The van der Waals surface area contributed by atoms with Crippen molar-refractivity contribution in [3.05, 3.63) is 29.3 Å². The van der Waals surface area contributed by atoms with Gasteiger partial charge in [-0.15, -0.1) is 0 Å². The van der Waals surface area contributed by atoms with Gasteiger partial charge in [0.2, 0.25) is 0 Å². The highest BCUT2D eigenvalue weighted by Gasteiger charge is 2.33. The third-order valence-electron chi connectivity index (χ3n) is 3.52. The first-order valence-electron chi connectivity index (χ1n) is 6.28. The van der Waals surface area contributed by atoms with Gasteiger partial charge in [-0.25, -0.2) is 4.79 Å². The molecular formula is C14H17NO4. The van der Waals surface area contributed by atoms with Crippen LogP contribution in [-0.2, 0) is 11.2 Å². The number of carbonyl (C=O) groups is 2. The average Bonchev–Trinajstić information content (AvgIpc) is 2.85. The number of carbonyl (C=O) groups excluding carboxylic acids is 1. The third-order valence-corrected chi connectivity index (χ3v) is 3.52. The summed E-state index contributed by atoms with van der Waals surface area (Å²) in [5.41, 5.74) is 0.207. The van der Waals surface area contributed by atoms with Gasteiger partial charge in [-0.05, 0) is 37.1 Å². The van der Waals surface area contributed by atoms with Crippen LogP contribution in [0.5, 0.6) is 5.75 Å². The largest absolute Gasteiger partial charge is 0.493 e. The second-order valence-electron chi connectivity index (χ2n) is 4.87. The van der Waals surface area contributed by atoms with Crippen LogP contribution < -0.4 is 10.1 Å². The molecule has 1 aliphatic heterocycles. The predicted octanol–water partition coefficient (Wildman–Crippen LogP) is 1.60. The van der Waals surface area contributed by atoms with Gasteiger partial charge in [0, 0.05) is 12.0 Å². The zero-order valence-corrected chi connectivity index (χ0v) is 11.0. The van der Waals surface area contributed by atoms with Crippen molar-refractivity contribution in [1.29, 1.82) is 0 Å². The van der Waals surface area contributed by atoms with E-state index in [1.54, 1.807) is 25.1 Å². The summed E-state index contributed by atoms with van der Waals surface area (Å²) in [5.74, 6) is -0.609. The number of hydrogen-bond donors (Lipinski definition) is 2. The number of carboxylic acids is 1. The molecule has 1 heterocycles. The summed E-state index contributed by atoms with van der Waals surface area (Å²) in [7, 11) is 0. The lowest BCUT2D eigenvalue weighted by molar-refractivity contribution is -0.143. The van der Waals surface area contributed by atoms with Gasteiger partial charge < -0.3 is 15.2 Å². The van der Waals surface area contributed by atoms with Gasteiger partial charge >= 0.3 is 5.97 Å². The lowest BCUT2D eigenvalue weighted by Gasteiger charge is -2.24. The molecule has 1 atom stereocenters. The van der Waals surface area contributed by atoms with Crippen LogP contribution in [0.4, 0.5) is 0 Å². The Kier molecular flexibility index (Phi) is 3.46. The summed E-state index contributed by atoms with van der Waals surface area (Å²) >= 11 is 0. The van der Waals surface area contributed by atoms with Crippen LogP contribution in [0.15, 0.2) is 18.2 Å². The molecule has 0 saturated heterocycles. The summed E-state index contributed by atoms with van der Waals surface area (Å²) in [4.78, 5) is 23.3. The minimum atomic E-state index is -1.24. The van der Waals surface area contributed by atoms with E-state index in [0.29, 0.717) is 18.6 Å². The minimum Gasteiger partial charge on any atom is -0.493 e. The molecule has 5 nitrogen and oxygen atoms in total. The van der Waals surface area contributed by atoms with E-state index in [1.807, 2.05) is 0 Å². The molecule has 0 radical (unpaired) electrons. The summed E-state index contributed by atoms with van der Waals surface area (Å²) in [6.07, 6.45) is 1.10. The van der Waals surface area contributed by atoms with Crippen molar-refractivity contribution < 1.29 is 19.4 Å². The summed E-state index contributed by atoms with van der Waals surface area (Å²) in [6.45, 7) is 3.86. The smallest absolute Gasteiger partial charge is 0.329 e. The maximum absolute atomic E-state index is 12.1. The van der Waals surface area contributed by atoms with Crippen LogP contribution in [0, 0.1) is 0 Å². The molecule has 19 heavy (non-hydrogen) atoms. The fourth-order valence-corrected chi connectivity index (χ4v) is 1.94. The standard InChI is InChI=1S/C14H17NO4/c1-3-14(2,13(17)18)15-12(16)10-4-5-11-9(8-10)6-7-19-11/h4-5,8H,3,6-7H2,1-2H3,(H,15,16)(H,17,18). The second-order valence-corrected chi connectivity index (χ2v) is 4.87. The van der Waals surface area contributed by atoms with Crippen molar-refractivity contribution in [2.75, 3.05) is 6.61 Å². The number of benzene rings is 1. The number of nitrogens with one attached hydrogen (secondary N) is 1. The van der Waals surface area contributed by atoms with Gasteiger partial charge in [0.25, 0.3) is 5.91 Å². The minimum absolute atomic E-state index is 0.322. The second kappa shape index (κ2) is 4.91. The first kappa shape index (κ1) is 13.4. The van der Waals surface area contributed by atoms with Crippen LogP contribution in [-0.4, -0.2) is 29.1 Å². The highest BCUT2D eigenvalue weighted by Crippen LogP contribution is 2.26. The normalized spacial score (nSPS) is 16.1. The Hall–Kier alpha value is -2.04. The van der Waals surface area contributed by atoms with Crippen LogP contribution in [0.25, 0.3) is 0 Å². The maximum Gasteiger partial charge on any atom is 0.329 e. The average molecular weight is 263 g/mol. The SMILES string of the molecule is CCC(C)(NC(=O)c1ccc2c(c1)CCO2)C(=O)O. The molecule has 1 aliphatic rings. The zero-order valence-electron chi connectivity index (χ0n) is 11.0. The van der Waals surface area contributed by atoms with Crippen LogP contribution in [0.2, 0.25) is 0 Å². The number of amides is 1. The number of rotatable bonds is 4. The molecule has 1 aromatic carbocycles. The van der Waals surface area contributed by atoms with Crippen LogP contribution >= 0.6 is 0 Å². The molecule has 1 amide bonds. The van der Waals surface area contributed by atoms with E-state index in [-0.39, 0.29) is 5.91 Å². The maximum atomic E-state index is 12.1. The Morgan fingerprint density at radius 2 is 2.21 bits per heavy atom. The van der Waals surface area contributed by atoms with Gasteiger partial charge in [0.05, 0.1) is 6.61 Å². The van der Waals surface area contributed by atoms with E-state index in [1.165, 1.54) is 6.92 Å². The first-order chi connectivity index (χ1) is 8.96. The molecule has 1 unspecified atom stereocenters. The molecule has 2 rings (SSSR count). The van der Waals surface area contributed by atoms with Gasteiger partial charge in [-0.2, -0.15) is 0 Å². The highest BCUT2D eigenvalue weighted by molar-refractivity contribution is 5.98. The lowest BCUT2D eigenvalue weighted by Crippen LogP contribution is -2.51. The molecule has 2 N–H and O–H groups in total. The Bertz CT molecular complexity index is 526. The van der Waals surface area contributed by atoms with Crippen LogP contribution in [0.3, 0.4) is 0 Å².